The van der Waals surface area contributed by atoms with Crippen molar-refractivity contribution >= 4 is 5.97 Å². The van der Waals surface area contributed by atoms with Crippen LogP contribution in [0.5, 0.6) is 0 Å². The van der Waals surface area contributed by atoms with Gasteiger partial charge in [0.25, 0.3) is 0 Å². The summed E-state index contributed by atoms with van der Waals surface area (Å²) in [6.45, 7) is 2.26. The van der Waals surface area contributed by atoms with E-state index in [-0.39, 0.29) is 18.0 Å². The molecule has 0 saturated heterocycles. The SMILES string of the molecule is CCCC1CCC(OC(=O)C2CCC(CCC/C=C\O)CC2)CC1. The molecule has 0 atom stereocenters. The van der Waals surface area contributed by atoms with Gasteiger partial charge in [0.2, 0.25) is 0 Å². The van der Waals surface area contributed by atoms with Crippen molar-refractivity contribution in [3.8, 4) is 0 Å². The first-order chi connectivity index (χ1) is 11.7. The fourth-order valence-electron chi connectivity index (χ4n) is 4.49. The number of ether oxygens (including phenoxy) is 1. The second-order valence-electron chi connectivity index (χ2n) is 7.90. The van der Waals surface area contributed by atoms with Crippen LogP contribution in [0.25, 0.3) is 0 Å². The molecule has 2 aliphatic rings. The molecular formula is C21H36O3. The minimum absolute atomic E-state index is 0.0793. The summed E-state index contributed by atoms with van der Waals surface area (Å²) in [5, 5.41) is 8.64. The normalized spacial score (nSPS) is 31.2. The van der Waals surface area contributed by atoms with Gasteiger partial charge in [-0.25, -0.2) is 0 Å². The molecule has 2 rings (SSSR count). The maximum absolute atomic E-state index is 12.4. The highest BCUT2D eigenvalue weighted by Gasteiger charge is 2.30. The first kappa shape index (κ1) is 19.3. The molecular weight excluding hydrogens is 300 g/mol. The fourth-order valence-corrected chi connectivity index (χ4v) is 4.49. The number of hydrogen-bond acceptors (Lipinski definition) is 3. The quantitative estimate of drug-likeness (QED) is 0.339. The molecule has 0 amide bonds. The average Bonchev–Trinajstić information content (AvgIpc) is 2.61. The second kappa shape index (κ2) is 10.8. The first-order valence-corrected chi connectivity index (χ1v) is 10.2. The molecule has 0 unspecified atom stereocenters. The van der Waals surface area contributed by atoms with Crippen LogP contribution in [-0.4, -0.2) is 17.2 Å². The molecule has 2 fully saturated rings. The lowest BCUT2D eigenvalue weighted by Crippen LogP contribution is -2.30. The lowest BCUT2D eigenvalue weighted by molar-refractivity contribution is -0.157. The summed E-state index contributed by atoms with van der Waals surface area (Å²) in [6, 6.07) is 0. The van der Waals surface area contributed by atoms with E-state index >= 15 is 0 Å². The topological polar surface area (TPSA) is 46.5 Å². The Kier molecular flexibility index (Phi) is 8.69. The number of aliphatic hydroxyl groups is 1. The van der Waals surface area contributed by atoms with Crippen LogP contribution in [0, 0.1) is 17.8 Å². The fraction of sp³-hybridized carbons (Fsp3) is 0.857. The van der Waals surface area contributed by atoms with E-state index in [0.717, 1.165) is 69.5 Å². The lowest BCUT2D eigenvalue weighted by atomic mass is 9.79. The van der Waals surface area contributed by atoms with Crippen LogP contribution in [0.3, 0.4) is 0 Å². The van der Waals surface area contributed by atoms with Gasteiger partial charge in [-0.15, -0.1) is 0 Å². The van der Waals surface area contributed by atoms with Crippen molar-refractivity contribution in [2.75, 3.05) is 0 Å². The monoisotopic (exact) mass is 336 g/mol. The van der Waals surface area contributed by atoms with Crippen molar-refractivity contribution in [3.63, 3.8) is 0 Å². The number of esters is 1. The van der Waals surface area contributed by atoms with E-state index in [0.29, 0.717) is 0 Å². The Morgan fingerprint density at radius 2 is 1.62 bits per heavy atom. The van der Waals surface area contributed by atoms with Crippen LogP contribution in [0.1, 0.15) is 90.4 Å². The van der Waals surface area contributed by atoms with E-state index < -0.39 is 0 Å². The predicted molar refractivity (Wildman–Crippen MR) is 97.8 cm³/mol. The Morgan fingerprint density at radius 3 is 2.25 bits per heavy atom. The Labute approximate surface area is 147 Å². The Balaban J connectivity index is 1.61. The number of allylic oxidation sites excluding steroid dienone is 1. The smallest absolute Gasteiger partial charge is 0.309 e. The highest BCUT2D eigenvalue weighted by atomic mass is 16.5. The first-order valence-electron chi connectivity index (χ1n) is 10.2. The number of hydrogen-bond donors (Lipinski definition) is 1. The van der Waals surface area contributed by atoms with Gasteiger partial charge in [-0.05, 0) is 76.0 Å². The van der Waals surface area contributed by atoms with Gasteiger partial charge in [-0.3, -0.25) is 4.79 Å². The van der Waals surface area contributed by atoms with E-state index in [2.05, 4.69) is 6.92 Å². The second-order valence-corrected chi connectivity index (χ2v) is 7.90. The number of carbonyl (C=O) groups excluding carboxylic acids is 1. The van der Waals surface area contributed by atoms with Crippen LogP contribution in [0.15, 0.2) is 12.3 Å². The van der Waals surface area contributed by atoms with Crippen molar-refractivity contribution in [2.45, 2.75) is 96.5 Å². The van der Waals surface area contributed by atoms with Crippen molar-refractivity contribution in [1.82, 2.24) is 0 Å². The third-order valence-electron chi connectivity index (χ3n) is 6.04. The molecule has 0 aromatic heterocycles. The Bertz CT molecular complexity index is 375. The van der Waals surface area contributed by atoms with Crippen molar-refractivity contribution in [3.05, 3.63) is 12.3 Å². The van der Waals surface area contributed by atoms with Gasteiger partial charge < -0.3 is 9.84 Å². The molecule has 24 heavy (non-hydrogen) atoms. The molecule has 0 radical (unpaired) electrons. The maximum atomic E-state index is 12.4. The van der Waals surface area contributed by atoms with Gasteiger partial charge >= 0.3 is 5.97 Å². The molecule has 0 spiro atoms. The van der Waals surface area contributed by atoms with Crippen LogP contribution in [-0.2, 0) is 9.53 Å². The molecule has 1 N–H and O–H groups in total. The van der Waals surface area contributed by atoms with Crippen molar-refractivity contribution in [1.29, 1.82) is 0 Å². The van der Waals surface area contributed by atoms with E-state index in [1.807, 2.05) is 6.08 Å². The number of aliphatic hydroxyl groups excluding tert-OH is 1. The molecule has 0 aliphatic heterocycles. The van der Waals surface area contributed by atoms with Gasteiger partial charge in [0.15, 0.2) is 0 Å². The zero-order valence-electron chi connectivity index (χ0n) is 15.4. The Morgan fingerprint density at radius 1 is 1.00 bits per heavy atom. The van der Waals surface area contributed by atoms with E-state index in [4.69, 9.17) is 9.84 Å². The summed E-state index contributed by atoms with van der Waals surface area (Å²) in [7, 11) is 0. The molecule has 0 bridgehead atoms. The Hall–Kier alpha value is -0.990. The molecule has 0 aromatic carbocycles. The zero-order valence-corrected chi connectivity index (χ0v) is 15.4. The third kappa shape index (κ3) is 6.49. The highest BCUT2D eigenvalue weighted by Crippen LogP contribution is 2.34. The van der Waals surface area contributed by atoms with Crippen LogP contribution in [0.4, 0.5) is 0 Å². The van der Waals surface area contributed by atoms with E-state index in [9.17, 15) is 4.79 Å². The number of carbonyl (C=O) groups is 1. The summed E-state index contributed by atoms with van der Waals surface area (Å²) >= 11 is 0. The maximum Gasteiger partial charge on any atom is 0.309 e. The van der Waals surface area contributed by atoms with Gasteiger partial charge in [0, 0.05) is 0 Å². The molecule has 0 heterocycles. The largest absolute Gasteiger partial charge is 0.516 e. The van der Waals surface area contributed by atoms with Crippen LogP contribution < -0.4 is 0 Å². The predicted octanol–water partition coefficient (Wildman–Crippen LogP) is 5.94. The standard InChI is InChI=1S/C21H36O3/c1-2-6-17-10-14-20(15-11-17)24-21(23)19-12-8-18(9-13-19)7-4-3-5-16-22/h5,16-20,22H,2-4,6-15H2,1H3/b16-5-. The minimum atomic E-state index is 0.0793. The summed E-state index contributed by atoms with van der Waals surface area (Å²) in [5.41, 5.74) is 0. The molecule has 3 nitrogen and oxygen atoms in total. The lowest BCUT2D eigenvalue weighted by Gasteiger charge is -2.31. The van der Waals surface area contributed by atoms with Gasteiger partial charge in [0.05, 0.1) is 12.2 Å². The van der Waals surface area contributed by atoms with Crippen LogP contribution in [0.2, 0.25) is 0 Å². The average molecular weight is 337 g/mol. The molecule has 2 aliphatic carbocycles. The summed E-state index contributed by atoms with van der Waals surface area (Å²) in [5.74, 6) is 1.84. The van der Waals surface area contributed by atoms with Gasteiger partial charge in [-0.1, -0.05) is 32.3 Å². The summed E-state index contributed by atoms with van der Waals surface area (Å²) in [6.07, 6.45) is 18.0. The van der Waals surface area contributed by atoms with E-state index in [1.165, 1.54) is 32.1 Å². The number of rotatable bonds is 8. The minimum Gasteiger partial charge on any atom is -0.516 e. The molecule has 2 saturated carbocycles. The van der Waals surface area contributed by atoms with Gasteiger partial charge in [0.1, 0.15) is 6.10 Å². The van der Waals surface area contributed by atoms with Crippen molar-refractivity contribution in [2.24, 2.45) is 17.8 Å². The summed E-state index contributed by atoms with van der Waals surface area (Å²) < 4.78 is 5.83. The molecule has 3 heteroatoms. The third-order valence-corrected chi connectivity index (χ3v) is 6.04. The number of unbranched alkanes of at least 4 members (excludes halogenated alkanes) is 1. The van der Waals surface area contributed by atoms with Crippen LogP contribution >= 0.6 is 0 Å². The van der Waals surface area contributed by atoms with Crippen molar-refractivity contribution < 1.29 is 14.6 Å². The molecule has 0 aromatic rings. The summed E-state index contributed by atoms with van der Waals surface area (Å²) in [4.78, 5) is 12.4. The highest BCUT2D eigenvalue weighted by molar-refractivity contribution is 5.72. The van der Waals surface area contributed by atoms with Gasteiger partial charge in [-0.2, -0.15) is 0 Å². The van der Waals surface area contributed by atoms with E-state index in [1.54, 1.807) is 0 Å². The zero-order chi connectivity index (χ0) is 17.2. The molecule has 138 valence electrons.